The molecule has 0 unspecified atom stereocenters. The van der Waals surface area contributed by atoms with Gasteiger partial charge in [0.2, 0.25) is 0 Å². The SMILES string of the molecule is CCc1ccccc1N=Cc1ccc(-c2cccc(F)c2)o1. The lowest BCUT2D eigenvalue weighted by molar-refractivity contribution is 0.573. The molecule has 0 spiro atoms. The molecule has 0 saturated heterocycles. The first-order valence-corrected chi connectivity index (χ1v) is 7.24. The Labute approximate surface area is 128 Å². The molecule has 2 nitrogen and oxygen atoms in total. The zero-order chi connectivity index (χ0) is 15.4. The number of hydrogen-bond acceptors (Lipinski definition) is 2. The zero-order valence-electron chi connectivity index (χ0n) is 12.3. The summed E-state index contributed by atoms with van der Waals surface area (Å²) >= 11 is 0. The Bertz CT molecular complexity index is 804. The third-order valence-electron chi connectivity index (χ3n) is 3.44. The first kappa shape index (κ1) is 14.3. The third kappa shape index (κ3) is 3.14. The lowest BCUT2D eigenvalue weighted by atomic mass is 10.1. The number of aliphatic imine (C=N–C) groups is 1. The van der Waals surface area contributed by atoms with Gasteiger partial charge in [0.1, 0.15) is 17.3 Å². The van der Waals surface area contributed by atoms with Crippen molar-refractivity contribution >= 4 is 11.9 Å². The highest BCUT2D eigenvalue weighted by Gasteiger charge is 2.04. The molecule has 0 N–H and O–H groups in total. The highest BCUT2D eigenvalue weighted by atomic mass is 19.1. The minimum atomic E-state index is -0.277. The summed E-state index contributed by atoms with van der Waals surface area (Å²) < 4.78 is 18.9. The van der Waals surface area contributed by atoms with E-state index in [-0.39, 0.29) is 5.82 Å². The fourth-order valence-electron chi connectivity index (χ4n) is 2.29. The number of nitrogens with zero attached hydrogens (tertiary/aromatic N) is 1. The van der Waals surface area contributed by atoms with Crippen LogP contribution in [0.25, 0.3) is 11.3 Å². The van der Waals surface area contributed by atoms with Crippen molar-refractivity contribution in [3.63, 3.8) is 0 Å². The molecular weight excluding hydrogens is 277 g/mol. The van der Waals surface area contributed by atoms with E-state index in [9.17, 15) is 4.39 Å². The molecule has 3 heteroatoms. The fraction of sp³-hybridized carbons (Fsp3) is 0.105. The molecule has 3 aromatic rings. The number of halogens is 1. The predicted octanol–water partition coefficient (Wildman–Crippen LogP) is 5.40. The Balaban J connectivity index is 1.84. The summed E-state index contributed by atoms with van der Waals surface area (Å²) in [7, 11) is 0. The molecule has 3 rings (SSSR count). The average molecular weight is 293 g/mol. The lowest BCUT2D eigenvalue weighted by Gasteiger charge is -2.00. The molecule has 0 amide bonds. The second kappa shape index (κ2) is 6.39. The molecule has 0 aliphatic rings. The molecule has 22 heavy (non-hydrogen) atoms. The zero-order valence-corrected chi connectivity index (χ0v) is 12.3. The first-order valence-electron chi connectivity index (χ1n) is 7.24. The van der Waals surface area contributed by atoms with Gasteiger partial charge >= 0.3 is 0 Å². The summed E-state index contributed by atoms with van der Waals surface area (Å²) in [5.41, 5.74) is 2.85. The molecule has 0 aliphatic carbocycles. The Kier molecular flexibility index (Phi) is 4.15. The van der Waals surface area contributed by atoms with E-state index >= 15 is 0 Å². The fourth-order valence-corrected chi connectivity index (χ4v) is 2.29. The second-order valence-electron chi connectivity index (χ2n) is 4.95. The van der Waals surface area contributed by atoms with Crippen LogP contribution in [0.3, 0.4) is 0 Å². The van der Waals surface area contributed by atoms with Crippen LogP contribution in [0, 0.1) is 5.82 Å². The van der Waals surface area contributed by atoms with E-state index < -0.39 is 0 Å². The van der Waals surface area contributed by atoms with Crippen molar-refractivity contribution in [2.75, 3.05) is 0 Å². The largest absolute Gasteiger partial charge is 0.455 e. The molecule has 0 saturated carbocycles. The van der Waals surface area contributed by atoms with Crippen LogP contribution in [0.5, 0.6) is 0 Å². The number of hydrogen-bond donors (Lipinski definition) is 0. The van der Waals surface area contributed by atoms with Crippen LogP contribution in [0.1, 0.15) is 18.2 Å². The minimum absolute atomic E-state index is 0.277. The van der Waals surface area contributed by atoms with Gasteiger partial charge in [-0.15, -0.1) is 0 Å². The van der Waals surface area contributed by atoms with E-state index in [1.165, 1.54) is 17.7 Å². The van der Waals surface area contributed by atoms with E-state index in [4.69, 9.17) is 4.42 Å². The Morgan fingerprint density at radius 1 is 1.05 bits per heavy atom. The van der Waals surface area contributed by atoms with Gasteiger partial charge in [0.15, 0.2) is 0 Å². The van der Waals surface area contributed by atoms with E-state index in [0.29, 0.717) is 17.1 Å². The van der Waals surface area contributed by atoms with E-state index in [2.05, 4.69) is 18.0 Å². The van der Waals surface area contributed by atoms with Crippen LogP contribution < -0.4 is 0 Å². The van der Waals surface area contributed by atoms with Crippen LogP contribution >= 0.6 is 0 Å². The molecule has 0 bridgehead atoms. The van der Waals surface area contributed by atoms with Gasteiger partial charge in [-0.05, 0) is 42.3 Å². The normalized spacial score (nSPS) is 11.2. The molecule has 110 valence electrons. The molecule has 0 atom stereocenters. The van der Waals surface area contributed by atoms with E-state index in [0.717, 1.165) is 12.1 Å². The van der Waals surface area contributed by atoms with Crippen LogP contribution in [-0.2, 0) is 6.42 Å². The number of rotatable bonds is 4. The van der Waals surface area contributed by atoms with Gasteiger partial charge in [-0.1, -0.05) is 37.3 Å². The van der Waals surface area contributed by atoms with Crippen LogP contribution in [0.4, 0.5) is 10.1 Å². The van der Waals surface area contributed by atoms with Crippen LogP contribution in [-0.4, -0.2) is 6.21 Å². The smallest absolute Gasteiger partial charge is 0.145 e. The maximum Gasteiger partial charge on any atom is 0.145 e. The maximum absolute atomic E-state index is 13.2. The topological polar surface area (TPSA) is 25.5 Å². The number of para-hydroxylation sites is 1. The van der Waals surface area contributed by atoms with Crippen molar-refractivity contribution in [2.24, 2.45) is 4.99 Å². The maximum atomic E-state index is 13.2. The highest BCUT2D eigenvalue weighted by molar-refractivity contribution is 5.80. The predicted molar refractivity (Wildman–Crippen MR) is 87.2 cm³/mol. The summed E-state index contributed by atoms with van der Waals surface area (Å²) in [4.78, 5) is 4.48. The van der Waals surface area contributed by atoms with Crippen molar-refractivity contribution in [1.82, 2.24) is 0 Å². The second-order valence-corrected chi connectivity index (χ2v) is 4.95. The third-order valence-corrected chi connectivity index (χ3v) is 3.44. The average Bonchev–Trinajstić information content (AvgIpc) is 3.02. The van der Waals surface area contributed by atoms with E-state index in [1.54, 1.807) is 12.3 Å². The standard InChI is InChI=1S/C19H16FNO/c1-2-14-6-3-4-9-18(14)21-13-17-10-11-19(22-17)15-7-5-8-16(20)12-15/h3-13H,2H2,1H3. The molecular formula is C19H16FNO. The molecule has 1 aromatic heterocycles. The molecule has 0 fully saturated rings. The van der Waals surface area contributed by atoms with Gasteiger partial charge in [-0.2, -0.15) is 0 Å². The van der Waals surface area contributed by atoms with Gasteiger partial charge in [0.25, 0.3) is 0 Å². The van der Waals surface area contributed by atoms with Crippen molar-refractivity contribution in [1.29, 1.82) is 0 Å². The number of aryl methyl sites for hydroxylation is 1. The van der Waals surface area contributed by atoms with Gasteiger partial charge in [0, 0.05) is 5.56 Å². The van der Waals surface area contributed by atoms with Crippen LogP contribution in [0.15, 0.2) is 70.1 Å². The summed E-state index contributed by atoms with van der Waals surface area (Å²) in [5, 5.41) is 0. The quantitative estimate of drug-likeness (QED) is 0.591. The van der Waals surface area contributed by atoms with Gasteiger partial charge in [-0.25, -0.2) is 4.39 Å². The molecule has 0 radical (unpaired) electrons. The molecule has 0 aliphatic heterocycles. The number of benzene rings is 2. The number of furan rings is 1. The van der Waals surface area contributed by atoms with Gasteiger partial charge < -0.3 is 4.42 Å². The molecule has 2 aromatic carbocycles. The Hall–Kier alpha value is -2.68. The van der Waals surface area contributed by atoms with Crippen molar-refractivity contribution < 1.29 is 8.81 Å². The Morgan fingerprint density at radius 2 is 1.91 bits per heavy atom. The summed E-state index contributed by atoms with van der Waals surface area (Å²) in [6.07, 6.45) is 2.62. The lowest BCUT2D eigenvalue weighted by Crippen LogP contribution is -1.81. The Morgan fingerprint density at radius 3 is 2.73 bits per heavy atom. The van der Waals surface area contributed by atoms with Crippen molar-refractivity contribution in [2.45, 2.75) is 13.3 Å². The van der Waals surface area contributed by atoms with Crippen molar-refractivity contribution in [3.05, 3.63) is 77.8 Å². The monoisotopic (exact) mass is 293 g/mol. The summed E-state index contributed by atoms with van der Waals surface area (Å²) in [5.74, 6) is 0.996. The van der Waals surface area contributed by atoms with Gasteiger partial charge in [0.05, 0.1) is 11.9 Å². The van der Waals surface area contributed by atoms with Gasteiger partial charge in [-0.3, -0.25) is 4.99 Å². The first-order chi connectivity index (χ1) is 10.8. The summed E-state index contributed by atoms with van der Waals surface area (Å²) in [6, 6.07) is 18.0. The van der Waals surface area contributed by atoms with Crippen LogP contribution in [0.2, 0.25) is 0 Å². The van der Waals surface area contributed by atoms with E-state index in [1.807, 2.05) is 36.4 Å². The van der Waals surface area contributed by atoms with Crippen molar-refractivity contribution in [3.8, 4) is 11.3 Å². The minimum Gasteiger partial charge on any atom is -0.455 e. The highest BCUT2D eigenvalue weighted by Crippen LogP contribution is 2.23. The molecule has 1 heterocycles. The summed E-state index contributed by atoms with van der Waals surface area (Å²) in [6.45, 7) is 2.10.